The van der Waals surface area contributed by atoms with Gasteiger partial charge in [0.05, 0.1) is 6.42 Å². The Kier molecular flexibility index (Phi) is 4.31. The third kappa shape index (κ3) is 3.63. The van der Waals surface area contributed by atoms with Gasteiger partial charge in [0.1, 0.15) is 5.82 Å². The largest absolute Gasteiger partial charge is 0.481 e. The van der Waals surface area contributed by atoms with Gasteiger partial charge in [-0.05, 0) is 26.2 Å². The number of nitrogens with zero attached hydrogens (tertiary/aromatic N) is 3. The molecule has 0 saturated carbocycles. The average molecular weight is 284 g/mol. The molecule has 0 spiro atoms. The first-order chi connectivity index (χ1) is 9.06. The summed E-state index contributed by atoms with van der Waals surface area (Å²) in [7, 11) is 0. The molecule has 8 heteroatoms. The first-order valence-corrected chi connectivity index (χ1v) is 6.93. The van der Waals surface area contributed by atoms with Gasteiger partial charge >= 0.3 is 12.0 Å². The van der Waals surface area contributed by atoms with Gasteiger partial charge in [-0.2, -0.15) is 4.37 Å². The zero-order valence-electron chi connectivity index (χ0n) is 10.6. The van der Waals surface area contributed by atoms with E-state index in [2.05, 4.69) is 14.7 Å². The third-order valence-electron chi connectivity index (χ3n) is 3.04. The van der Waals surface area contributed by atoms with Gasteiger partial charge in [0.2, 0.25) is 5.13 Å². The van der Waals surface area contributed by atoms with Crippen molar-refractivity contribution in [2.45, 2.75) is 38.6 Å². The number of piperidine rings is 1. The molecule has 2 amide bonds. The molecule has 1 fully saturated rings. The average Bonchev–Trinajstić information content (AvgIpc) is 2.74. The first kappa shape index (κ1) is 13.7. The highest BCUT2D eigenvalue weighted by atomic mass is 32.1. The van der Waals surface area contributed by atoms with Gasteiger partial charge in [-0.15, -0.1) is 0 Å². The molecular weight excluding hydrogens is 268 g/mol. The molecule has 7 nitrogen and oxygen atoms in total. The quantitative estimate of drug-likeness (QED) is 0.881. The first-order valence-electron chi connectivity index (χ1n) is 6.16. The van der Waals surface area contributed by atoms with Crippen molar-refractivity contribution in [3.63, 3.8) is 0 Å². The second-order valence-electron chi connectivity index (χ2n) is 4.52. The summed E-state index contributed by atoms with van der Waals surface area (Å²) in [5.74, 6) is -0.266. The third-order valence-corrected chi connectivity index (χ3v) is 3.76. The van der Waals surface area contributed by atoms with Crippen molar-refractivity contribution in [1.82, 2.24) is 14.3 Å². The summed E-state index contributed by atoms with van der Waals surface area (Å²) in [6.07, 6.45) is 2.58. The number of carboxylic acids is 1. The lowest BCUT2D eigenvalue weighted by Gasteiger charge is -2.34. The number of carbonyl (C=O) groups excluding carboxylic acids is 1. The Balaban J connectivity index is 2.00. The summed E-state index contributed by atoms with van der Waals surface area (Å²) in [5.41, 5.74) is 0. The number of aromatic nitrogens is 2. The molecule has 1 aromatic heterocycles. The smallest absolute Gasteiger partial charge is 0.323 e. The van der Waals surface area contributed by atoms with Crippen LogP contribution in [0.25, 0.3) is 0 Å². The number of anilines is 1. The van der Waals surface area contributed by atoms with Crippen molar-refractivity contribution in [2.75, 3.05) is 11.9 Å². The molecule has 0 aliphatic carbocycles. The van der Waals surface area contributed by atoms with E-state index in [9.17, 15) is 9.59 Å². The molecule has 1 unspecified atom stereocenters. The molecule has 1 aliphatic rings. The van der Waals surface area contributed by atoms with Gasteiger partial charge in [0.15, 0.2) is 0 Å². The molecule has 0 aromatic carbocycles. The lowest BCUT2D eigenvalue weighted by atomic mass is 10.00. The fraction of sp³-hybridized carbons (Fsp3) is 0.636. The highest BCUT2D eigenvalue weighted by molar-refractivity contribution is 7.09. The van der Waals surface area contributed by atoms with Crippen LogP contribution in [0, 0.1) is 6.92 Å². The second-order valence-corrected chi connectivity index (χ2v) is 5.27. The molecule has 2 heterocycles. The molecule has 1 aliphatic heterocycles. The molecule has 1 atom stereocenters. The minimum absolute atomic E-state index is 0.0113. The predicted octanol–water partition coefficient (Wildman–Crippen LogP) is 1.71. The van der Waals surface area contributed by atoms with Crippen LogP contribution in [0.4, 0.5) is 9.93 Å². The molecule has 19 heavy (non-hydrogen) atoms. The Hall–Kier alpha value is -1.70. The van der Waals surface area contributed by atoms with Gasteiger partial charge in [0, 0.05) is 24.1 Å². The Bertz CT molecular complexity index is 476. The lowest BCUT2D eigenvalue weighted by Crippen LogP contribution is -2.46. The lowest BCUT2D eigenvalue weighted by molar-refractivity contribution is -0.138. The summed E-state index contributed by atoms with van der Waals surface area (Å²) < 4.78 is 3.99. The van der Waals surface area contributed by atoms with E-state index >= 15 is 0 Å². The number of hydrogen-bond donors (Lipinski definition) is 2. The van der Waals surface area contributed by atoms with E-state index in [-0.39, 0.29) is 18.5 Å². The van der Waals surface area contributed by atoms with Crippen LogP contribution >= 0.6 is 11.5 Å². The molecule has 104 valence electrons. The number of aliphatic carboxylic acids is 1. The number of hydrogen-bond acceptors (Lipinski definition) is 5. The number of rotatable bonds is 3. The summed E-state index contributed by atoms with van der Waals surface area (Å²) in [6, 6.07) is -0.526. The van der Waals surface area contributed by atoms with Crippen LogP contribution in [0.3, 0.4) is 0 Å². The van der Waals surface area contributed by atoms with E-state index in [1.165, 1.54) is 0 Å². The number of amides is 2. The standard InChI is InChI=1S/C11H16N4O3S/c1-7-12-10(19-14-7)13-11(18)15-5-3-2-4-8(15)6-9(16)17/h8H,2-6H2,1H3,(H,16,17)(H,12,13,14,18). The zero-order valence-corrected chi connectivity index (χ0v) is 11.4. The fourth-order valence-electron chi connectivity index (χ4n) is 2.19. The Morgan fingerprint density at radius 3 is 2.95 bits per heavy atom. The van der Waals surface area contributed by atoms with E-state index < -0.39 is 5.97 Å². The SMILES string of the molecule is Cc1nsc(NC(=O)N2CCCCC2CC(=O)O)n1. The minimum atomic E-state index is -0.878. The zero-order chi connectivity index (χ0) is 13.8. The maximum absolute atomic E-state index is 12.1. The van der Waals surface area contributed by atoms with Crippen molar-refractivity contribution < 1.29 is 14.7 Å². The minimum Gasteiger partial charge on any atom is -0.481 e. The van der Waals surface area contributed by atoms with Crippen molar-refractivity contribution >= 4 is 28.7 Å². The second kappa shape index (κ2) is 5.96. The molecule has 1 saturated heterocycles. The van der Waals surface area contributed by atoms with Crippen LogP contribution in [0.2, 0.25) is 0 Å². The number of likely N-dealkylation sites (tertiary alicyclic amines) is 1. The van der Waals surface area contributed by atoms with Crippen LogP contribution < -0.4 is 5.32 Å². The number of carbonyl (C=O) groups is 2. The van der Waals surface area contributed by atoms with Crippen LogP contribution in [-0.2, 0) is 4.79 Å². The summed E-state index contributed by atoms with van der Waals surface area (Å²) in [5, 5.41) is 12.0. The van der Waals surface area contributed by atoms with Crippen molar-refractivity contribution in [3.8, 4) is 0 Å². The molecule has 2 N–H and O–H groups in total. The summed E-state index contributed by atoms with van der Waals surface area (Å²) >= 11 is 1.12. The monoisotopic (exact) mass is 284 g/mol. The normalized spacial score (nSPS) is 19.2. The Morgan fingerprint density at radius 1 is 1.53 bits per heavy atom. The maximum atomic E-state index is 12.1. The van der Waals surface area contributed by atoms with Crippen molar-refractivity contribution in [1.29, 1.82) is 0 Å². The van der Waals surface area contributed by atoms with Crippen LogP contribution in [-0.4, -0.2) is 44.0 Å². The molecule has 2 rings (SSSR count). The van der Waals surface area contributed by atoms with Crippen LogP contribution in [0.15, 0.2) is 0 Å². The van der Waals surface area contributed by atoms with E-state index in [1.54, 1.807) is 11.8 Å². The number of carboxylic acid groups (broad SMARTS) is 1. The van der Waals surface area contributed by atoms with E-state index in [1.807, 2.05) is 0 Å². The van der Waals surface area contributed by atoms with Crippen molar-refractivity contribution in [3.05, 3.63) is 5.82 Å². The molecular formula is C11H16N4O3S. The number of aryl methyl sites for hydroxylation is 1. The highest BCUT2D eigenvalue weighted by Gasteiger charge is 2.28. The predicted molar refractivity (Wildman–Crippen MR) is 70.3 cm³/mol. The van der Waals surface area contributed by atoms with E-state index in [0.717, 1.165) is 30.8 Å². The van der Waals surface area contributed by atoms with Crippen LogP contribution in [0.1, 0.15) is 31.5 Å². The summed E-state index contributed by atoms with van der Waals surface area (Å²) in [6.45, 7) is 2.34. The van der Waals surface area contributed by atoms with Gasteiger partial charge in [-0.3, -0.25) is 10.1 Å². The summed E-state index contributed by atoms with van der Waals surface area (Å²) in [4.78, 5) is 28.6. The molecule has 0 bridgehead atoms. The van der Waals surface area contributed by atoms with E-state index in [0.29, 0.717) is 17.5 Å². The van der Waals surface area contributed by atoms with Gasteiger partial charge in [-0.25, -0.2) is 9.78 Å². The topological polar surface area (TPSA) is 95.4 Å². The fourth-order valence-corrected chi connectivity index (χ4v) is 2.76. The number of nitrogens with one attached hydrogen (secondary N) is 1. The molecule has 1 aromatic rings. The maximum Gasteiger partial charge on any atom is 0.323 e. The van der Waals surface area contributed by atoms with E-state index in [4.69, 9.17) is 5.11 Å². The molecule has 0 radical (unpaired) electrons. The van der Waals surface area contributed by atoms with Gasteiger partial charge in [-0.1, -0.05) is 0 Å². The number of urea groups is 1. The Morgan fingerprint density at radius 2 is 2.32 bits per heavy atom. The van der Waals surface area contributed by atoms with Crippen LogP contribution in [0.5, 0.6) is 0 Å². The highest BCUT2D eigenvalue weighted by Crippen LogP contribution is 2.21. The van der Waals surface area contributed by atoms with Gasteiger partial charge in [0.25, 0.3) is 0 Å². The Labute approximate surface area is 114 Å². The van der Waals surface area contributed by atoms with Gasteiger partial charge < -0.3 is 10.0 Å². The van der Waals surface area contributed by atoms with Crippen molar-refractivity contribution in [2.24, 2.45) is 0 Å².